The standard InChI is InChI=1S/C14H17N3O3S/c1-9-16-11-6-5-10(8-12(11)21-9)17-14(19)15-7-3-4-13(18)20-2/h5-6,8H,3-4,7H2,1-2H3,(H2,15,17,19). The Kier molecular flexibility index (Phi) is 5.10. The second kappa shape index (κ2) is 7.03. The molecule has 0 bridgehead atoms. The molecular formula is C14H17N3O3S. The van der Waals surface area contributed by atoms with Gasteiger partial charge in [0.1, 0.15) is 0 Å². The average Bonchev–Trinajstić information content (AvgIpc) is 2.82. The molecule has 2 amide bonds. The number of ether oxygens (including phenoxy) is 1. The van der Waals surface area contributed by atoms with Gasteiger partial charge in [-0.3, -0.25) is 4.79 Å². The normalized spacial score (nSPS) is 10.4. The fourth-order valence-electron chi connectivity index (χ4n) is 1.83. The van der Waals surface area contributed by atoms with Crippen molar-refractivity contribution in [1.82, 2.24) is 10.3 Å². The van der Waals surface area contributed by atoms with E-state index in [0.29, 0.717) is 19.4 Å². The van der Waals surface area contributed by atoms with Crippen LogP contribution in [0.3, 0.4) is 0 Å². The van der Waals surface area contributed by atoms with Gasteiger partial charge >= 0.3 is 12.0 Å². The summed E-state index contributed by atoms with van der Waals surface area (Å²) in [5.41, 5.74) is 1.65. The van der Waals surface area contributed by atoms with Crippen molar-refractivity contribution in [2.24, 2.45) is 0 Å². The van der Waals surface area contributed by atoms with Crippen molar-refractivity contribution in [3.05, 3.63) is 23.2 Å². The van der Waals surface area contributed by atoms with Crippen LogP contribution >= 0.6 is 11.3 Å². The molecule has 21 heavy (non-hydrogen) atoms. The summed E-state index contributed by atoms with van der Waals surface area (Å²) < 4.78 is 5.56. The van der Waals surface area contributed by atoms with Crippen LogP contribution in [0.2, 0.25) is 0 Å². The third kappa shape index (κ3) is 4.42. The van der Waals surface area contributed by atoms with E-state index in [2.05, 4.69) is 20.4 Å². The lowest BCUT2D eigenvalue weighted by Gasteiger charge is -2.07. The molecule has 0 atom stereocenters. The lowest BCUT2D eigenvalue weighted by molar-refractivity contribution is -0.140. The van der Waals surface area contributed by atoms with Gasteiger partial charge in [0.15, 0.2) is 0 Å². The van der Waals surface area contributed by atoms with E-state index in [-0.39, 0.29) is 12.0 Å². The molecule has 0 spiro atoms. The van der Waals surface area contributed by atoms with Gasteiger partial charge in [0.05, 0.1) is 22.3 Å². The average molecular weight is 307 g/mol. The van der Waals surface area contributed by atoms with Gasteiger partial charge in [-0.1, -0.05) is 0 Å². The van der Waals surface area contributed by atoms with Crippen LogP contribution in [0, 0.1) is 6.92 Å². The number of urea groups is 1. The zero-order chi connectivity index (χ0) is 15.2. The van der Waals surface area contributed by atoms with Crippen molar-refractivity contribution in [2.75, 3.05) is 19.0 Å². The van der Waals surface area contributed by atoms with E-state index < -0.39 is 0 Å². The molecule has 0 saturated carbocycles. The summed E-state index contributed by atoms with van der Waals surface area (Å²) in [6.45, 7) is 2.37. The first-order valence-electron chi connectivity index (χ1n) is 6.57. The highest BCUT2D eigenvalue weighted by atomic mass is 32.1. The fourth-order valence-corrected chi connectivity index (χ4v) is 2.70. The van der Waals surface area contributed by atoms with Gasteiger partial charge in [-0.25, -0.2) is 9.78 Å². The highest BCUT2D eigenvalue weighted by Gasteiger charge is 2.05. The minimum absolute atomic E-state index is 0.275. The molecule has 0 saturated heterocycles. The lowest BCUT2D eigenvalue weighted by Crippen LogP contribution is -2.29. The first-order chi connectivity index (χ1) is 10.1. The van der Waals surface area contributed by atoms with E-state index in [1.54, 1.807) is 11.3 Å². The van der Waals surface area contributed by atoms with Gasteiger partial charge in [-0.05, 0) is 31.5 Å². The maximum Gasteiger partial charge on any atom is 0.319 e. The topological polar surface area (TPSA) is 80.3 Å². The van der Waals surface area contributed by atoms with Gasteiger partial charge < -0.3 is 15.4 Å². The zero-order valence-electron chi connectivity index (χ0n) is 11.9. The number of esters is 1. The van der Waals surface area contributed by atoms with Crippen LogP contribution in [0.4, 0.5) is 10.5 Å². The Labute approximate surface area is 126 Å². The molecule has 0 radical (unpaired) electrons. The Hall–Kier alpha value is -2.15. The van der Waals surface area contributed by atoms with Crippen molar-refractivity contribution >= 4 is 39.2 Å². The first kappa shape index (κ1) is 15.2. The van der Waals surface area contributed by atoms with Crippen LogP contribution in [-0.4, -0.2) is 30.6 Å². The molecule has 6 nitrogen and oxygen atoms in total. The van der Waals surface area contributed by atoms with Gasteiger partial charge in [-0.2, -0.15) is 0 Å². The molecule has 2 N–H and O–H groups in total. The molecule has 2 aromatic rings. The zero-order valence-corrected chi connectivity index (χ0v) is 12.8. The third-order valence-electron chi connectivity index (χ3n) is 2.82. The summed E-state index contributed by atoms with van der Waals surface area (Å²) in [6.07, 6.45) is 0.843. The number of aromatic nitrogens is 1. The number of rotatable bonds is 5. The molecule has 0 aliphatic heterocycles. The number of aryl methyl sites for hydroxylation is 1. The van der Waals surface area contributed by atoms with Crippen LogP contribution in [0.25, 0.3) is 10.2 Å². The molecule has 2 rings (SSSR count). The van der Waals surface area contributed by atoms with E-state index in [9.17, 15) is 9.59 Å². The van der Waals surface area contributed by atoms with E-state index in [0.717, 1.165) is 20.9 Å². The summed E-state index contributed by atoms with van der Waals surface area (Å²) in [7, 11) is 1.35. The van der Waals surface area contributed by atoms with Crippen LogP contribution in [0.5, 0.6) is 0 Å². The van der Waals surface area contributed by atoms with E-state index in [4.69, 9.17) is 0 Å². The minimum Gasteiger partial charge on any atom is -0.469 e. The number of carbonyl (C=O) groups is 2. The van der Waals surface area contributed by atoms with Gasteiger partial charge in [0.25, 0.3) is 0 Å². The number of nitrogens with zero attached hydrogens (tertiary/aromatic N) is 1. The van der Waals surface area contributed by atoms with E-state index >= 15 is 0 Å². The van der Waals surface area contributed by atoms with Crippen molar-refractivity contribution in [3.63, 3.8) is 0 Å². The highest BCUT2D eigenvalue weighted by Crippen LogP contribution is 2.24. The van der Waals surface area contributed by atoms with Crippen LogP contribution in [0.1, 0.15) is 17.8 Å². The smallest absolute Gasteiger partial charge is 0.319 e. The maximum absolute atomic E-state index is 11.7. The summed E-state index contributed by atoms with van der Waals surface area (Å²) in [5, 5.41) is 6.45. The number of thiazole rings is 1. The molecular weight excluding hydrogens is 290 g/mol. The number of fused-ring (bicyclic) bond motifs is 1. The second-order valence-electron chi connectivity index (χ2n) is 4.48. The molecule has 1 aromatic heterocycles. The minimum atomic E-state index is -0.291. The highest BCUT2D eigenvalue weighted by molar-refractivity contribution is 7.18. The Bertz CT molecular complexity index is 654. The molecule has 112 valence electrons. The molecule has 0 aliphatic carbocycles. The van der Waals surface area contributed by atoms with Crippen LogP contribution < -0.4 is 10.6 Å². The van der Waals surface area contributed by atoms with Gasteiger partial charge in [-0.15, -0.1) is 11.3 Å². The Morgan fingerprint density at radius 1 is 1.38 bits per heavy atom. The van der Waals surface area contributed by atoms with Crippen molar-refractivity contribution in [3.8, 4) is 0 Å². The molecule has 0 unspecified atom stereocenters. The van der Waals surface area contributed by atoms with Gasteiger partial charge in [0, 0.05) is 18.7 Å². The number of hydrogen-bond donors (Lipinski definition) is 2. The Balaban J connectivity index is 1.82. The SMILES string of the molecule is COC(=O)CCCNC(=O)Nc1ccc2nc(C)sc2c1. The summed E-state index contributed by atoms with van der Waals surface area (Å²) in [6, 6.07) is 5.30. The number of methoxy groups -OCH3 is 1. The monoisotopic (exact) mass is 307 g/mol. The number of nitrogens with one attached hydrogen (secondary N) is 2. The van der Waals surface area contributed by atoms with Crippen LogP contribution in [-0.2, 0) is 9.53 Å². The van der Waals surface area contributed by atoms with Crippen molar-refractivity contribution < 1.29 is 14.3 Å². The third-order valence-corrected chi connectivity index (χ3v) is 3.76. The summed E-state index contributed by atoms with van der Waals surface area (Å²) in [5.74, 6) is -0.275. The summed E-state index contributed by atoms with van der Waals surface area (Å²) in [4.78, 5) is 27.0. The van der Waals surface area contributed by atoms with E-state index in [1.165, 1.54) is 7.11 Å². The van der Waals surface area contributed by atoms with Crippen molar-refractivity contribution in [1.29, 1.82) is 0 Å². The number of benzene rings is 1. The van der Waals surface area contributed by atoms with Gasteiger partial charge in [0.2, 0.25) is 0 Å². The number of carbonyl (C=O) groups excluding carboxylic acids is 2. The number of anilines is 1. The summed E-state index contributed by atoms with van der Waals surface area (Å²) >= 11 is 1.59. The molecule has 1 aromatic carbocycles. The van der Waals surface area contributed by atoms with Crippen LogP contribution in [0.15, 0.2) is 18.2 Å². The van der Waals surface area contributed by atoms with E-state index in [1.807, 2.05) is 25.1 Å². The molecule has 0 aliphatic rings. The largest absolute Gasteiger partial charge is 0.469 e. The quantitative estimate of drug-likeness (QED) is 0.657. The predicted molar refractivity (Wildman–Crippen MR) is 82.6 cm³/mol. The Morgan fingerprint density at radius 2 is 2.19 bits per heavy atom. The lowest BCUT2D eigenvalue weighted by atomic mass is 10.3. The molecule has 0 fully saturated rings. The Morgan fingerprint density at radius 3 is 2.95 bits per heavy atom. The predicted octanol–water partition coefficient (Wildman–Crippen LogP) is 2.68. The first-order valence-corrected chi connectivity index (χ1v) is 7.39. The molecule has 1 heterocycles. The number of hydrogen-bond acceptors (Lipinski definition) is 5. The molecule has 7 heteroatoms. The number of amides is 2. The second-order valence-corrected chi connectivity index (χ2v) is 5.71. The van der Waals surface area contributed by atoms with Crippen molar-refractivity contribution in [2.45, 2.75) is 19.8 Å². The maximum atomic E-state index is 11.7. The fraction of sp³-hybridized carbons (Fsp3) is 0.357.